The summed E-state index contributed by atoms with van der Waals surface area (Å²) < 4.78 is 0. The molecule has 1 aromatic carbocycles. The van der Waals surface area contributed by atoms with Gasteiger partial charge in [0.2, 0.25) is 0 Å². The van der Waals surface area contributed by atoms with E-state index in [4.69, 9.17) is 5.84 Å². The predicted octanol–water partition coefficient (Wildman–Crippen LogP) is 0.247. The van der Waals surface area contributed by atoms with Gasteiger partial charge in [-0.05, 0) is 37.1 Å². The monoisotopic (exact) mass is 249 g/mol. The molecule has 2 rings (SSSR count). The van der Waals surface area contributed by atoms with Gasteiger partial charge >= 0.3 is 0 Å². The molecule has 0 saturated carbocycles. The van der Waals surface area contributed by atoms with E-state index in [0.29, 0.717) is 5.56 Å². The number of nitrogens with zero attached hydrogens (tertiary/aromatic N) is 1. The number of hydrogen-bond donors (Lipinski definition) is 3. The van der Waals surface area contributed by atoms with Gasteiger partial charge in [-0.15, -0.1) is 0 Å². The van der Waals surface area contributed by atoms with Crippen molar-refractivity contribution in [1.29, 1.82) is 0 Å². The Morgan fingerprint density at radius 2 is 2.17 bits per heavy atom. The minimum atomic E-state index is -0.282. The summed E-state index contributed by atoms with van der Waals surface area (Å²) in [7, 11) is 0. The molecular weight excluding hydrogens is 230 g/mol. The van der Waals surface area contributed by atoms with Crippen molar-refractivity contribution in [2.24, 2.45) is 5.84 Å². The first-order chi connectivity index (χ1) is 8.74. The fourth-order valence-corrected chi connectivity index (χ4v) is 2.39. The summed E-state index contributed by atoms with van der Waals surface area (Å²) in [6.07, 6.45) is 2.20. The fourth-order valence-electron chi connectivity index (χ4n) is 2.39. The van der Waals surface area contributed by atoms with Crippen molar-refractivity contribution >= 4 is 5.91 Å². The zero-order valence-electron chi connectivity index (χ0n) is 10.3. The van der Waals surface area contributed by atoms with Gasteiger partial charge in [-0.2, -0.15) is 0 Å². The maximum Gasteiger partial charge on any atom is 0.265 e. The van der Waals surface area contributed by atoms with Crippen molar-refractivity contribution in [3.05, 3.63) is 35.4 Å². The first-order valence-electron chi connectivity index (χ1n) is 6.19. The van der Waals surface area contributed by atoms with Gasteiger partial charge in [-0.3, -0.25) is 15.1 Å². The van der Waals surface area contributed by atoms with Gasteiger partial charge in [-0.25, -0.2) is 5.84 Å². The Labute approximate surface area is 107 Å². The lowest BCUT2D eigenvalue weighted by Crippen LogP contribution is -2.31. The standard InChI is InChI=1S/C13H19N3O2/c14-15-13(18)11-5-3-10(4-6-11)8-16-7-1-2-12(16)9-17/h3-6,12,17H,1-2,7-9,14H2,(H,15,18). The molecular formula is C13H19N3O2. The van der Waals surface area contributed by atoms with Gasteiger partial charge in [0.15, 0.2) is 0 Å². The molecule has 0 aromatic heterocycles. The minimum Gasteiger partial charge on any atom is -0.395 e. The summed E-state index contributed by atoms with van der Waals surface area (Å²) >= 11 is 0. The third kappa shape index (κ3) is 2.87. The van der Waals surface area contributed by atoms with Gasteiger partial charge in [0.1, 0.15) is 0 Å². The molecule has 1 amide bonds. The molecule has 4 N–H and O–H groups in total. The van der Waals surface area contributed by atoms with Crippen molar-refractivity contribution < 1.29 is 9.90 Å². The van der Waals surface area contributed by atoms with E-state index in [1.54, 1.807) is 12.1 Å². The second-order valence-corrected chi connectivity index (χ2v) is 4.62. The van der Waals surface area contributed by atoms with E-state index < -0.39 is 0 Å². The summed E-state index contributed by atoms with van der Waals surface area (Å²) in [5, 5.41) is 9.25. The number of nitrogens with one attached hydrogen (secondary N) is 1. The van der Waals surface area contributed by atoms with E-state index in [1.807, 2.05) is 12.1 Å². The van der Waals surface area contributed by atoms with Crippen LogP contribution in [-0.2, 0) is 6.54 Å². The van der Waals surface area contributed by atoms with Gasteiger partial charge < -0.3 is 5.11 Å². The second-order valence-electron chi connectivity index (χ2n) is 4.62. The van der Waals surface area contributed by atoms with Crippen LogP contribution in [0.1, 0.15) is 28.8 Å². The molecule has 5 heteroatoms. The third-order valence-corrected chi connectivity index (χ3v) is 3.44. The highest BCUT2D eigenvalue weighted by Gasteiger charge is 2.23. The molecule has 0 spiro atoms. The number of nitrogen functional groups attached to an aromatic ring is 1. The summed E-state index contributed by atoms with van der Waals surface area (Å²) in [4.78, 5) is 13.6. The molecule has 0 bridgehead atoms. The van der Waals surface area contributed by atoms with Crippen LogP contribution in [0.4, 0.5) is 0 Å². The van der Waals surface area contributed by atoms with Crippen molar-refractivity contribution in [2.75, 3.05) is 13.2 Å². The topological polar surface area (TPSA) is 78.6 Å². The van der Waals surface area contributed by atoms with Gasteiger partial charge in [0.05, 0.1) is 6.61 Å². The van der Waals surface area contributed by atoms with Gasteiger partial charge in [0, 0.05) is 18.2 Å². The van der Waals surface area contributed by atoms with Crippen molar-refractivity contribution in [2.45, 2.75) is 25.4 Å². The van der Waals surface area contributed by atoms with Crippen LogP contribution in [0.2, 0.25) is 0 Å². The highest BCUT2D eigenvalue weighted by molar-refractivity contribution is 5.93. The number of hydrazine groups is 1. The Balaban J connectivity index is 2.00. The number of carbonyl (C=O) groups is 1. The van der Waals surface area contributed by atoms with Crippen LogP contribution < -0.4 is 11.3 Å². The zero-order valence-corrected chi connectivity index (χ0v) is 10.3. The highest BCUT2D eigenvalue weighted by Crippen LogP contribution is 2.19. The van der Waals surface area contributed by atoms with Crippen LogP contribution >= 0.6 is 0 Å². The van der Waals surface area contributed by atoms with Gasteiger partial charge in [-0.1, -0.05) is 12.1 Å². The maximum absolute atomic E-state index is 11.3. The summed E-state index contributed by atoms with van der Waals surface area (Å²) in [6.45, 7) is 2.06. The largest absolute Gasteiger partial charge is 0.395 e. The molecule has 1 heterocycles. The summed E-state index contributed by atoms with van der Waals surface area (Å²) in [6, 6.07) is 7.66. The molecule has 1 saturated heterocycles. The highest BCUT2D eigenvalue weighted by atomic mass is 16.3. The molecule has 98 valence electrons. The average Bonchev–Trinajstić information content (AvgIpc) is 2.86. The van der Waals surface area contributed by atoms with E-state index in [0.717, 1.165) is 31.5 Å². The number of carbonyl (C=O) groups excluding carboxylic acids is 1. The summed E-state index contributed by atoms with van der Waals surface area (Å²) in [5.41, 5.74) is 3.81. The Hall–Kier alpha value is -1.43. The molecule has 1 fully saturated rings. The SMILES string of the molecule is NNC(=O)c1ccc(CN2CCCC2CO)cc1. The van der Waals surface area contributed by atoms with E-state index >= 15 is 0 Å². The second kappa shape index (κ2) is 5.95. The molecule has 1 atom stereocenters. The number of aliphatic hydroxyl groups excluding tert-OH is 1. The molecule has 5 nitrogen and oxygen atoms in total. The molecule has 0 radical (unpaired) electrons. The van der Waals surface area contributed by atoms with E-state index in [9.17, 15) is 9.90 Å². The third-order valence-electron chi connectivity index (χ3n) is 3.44. The Kier molecular flexibility index (Phi) is 4.30. The van der Waals surface area contributed by atoms with Gasteiger partial charge in [0.25, 0.3) is 5.91 Å². The van der Waals surface area contributed by atoms with E-state index in [-0.39, 0.29) is 18.6 Å². The number of rotatable bonds is 4. The number of nitrogens with two attached hydrogens (primary N) is 1. The van der Waals surface area contributed by atoms with Crippen LogP contribution in [0.5, 0.6) is 0 Å². The number of amides is 1. The van der Waals surface area contributed by atoms with Crippen LogP contribution in [0, 0.1) is 0 Å². The number of hydrogen-bond acceptors (Lipinski definition) is 4. The van der Waals surface area contributed by atoms with Crippen LogP contribution in [0.15, 0.2) is 24.3 Å². The Morgan fingerprint density at radius 1 is 1.44 bits per heavy atom. The fraction of sp³-hybridized carbons (Fsp3) is 0.462. The first kappa shape index (κ1) is 13.0. The lowest BCUT2D eigenvalue weighted by molar-refractivity contribution is 0.0953. The normalized spacial score (nSPS) is 20.0. The van der Waals surface area contributed by atoms with Crippen LogP contribution in [0.3, 0.4) is 0 Å². The van der Waals surface area contributed by atoms with Crippen molar-refractivity contribution in [1.82, 2.24) is 10.3 Å². The molecule has 18 heavy (non-hydrogen) atoms. The average molecular weight is 249 g/mol. The Bertz CT molecular complexity index is 405. The number of benzene rings is 1. The number of likely N-dealkylation sites (tertiary alicyclic amines) is 1. The quantitative estimate of drug-likeness (QED) is 0.406. The minimum absolute atomic E-state index is 0.216. The summed E-state index contributed by atoms with van der Waals surface area (Å²) in [5.74, 6) is 4.79. The molecule has 1 aliphatic rings. The maximum atomic E-state index is 11.3. The lowest BCUT2D eigenvalue weighted by atomic mass is 10.1. The Morgan fingerprint density at radius 3 is 2.78 bits per heavy atom. The van der Waals surface area contributed by atoms with E-state index in [1.165, 1.54) is 0 Å². The van der Waals surface area contributed by atoms with Crippen molar-refractivity contribution in [3.8, 4) is 0 Å². The predicted molar refractivity (Wildman–Crippen MR) is 68.6 cm³/mol. The number of aliphatic hydroxyl groups is 1. The molecule has 1 aliphatic heterocycles. The first-order valence-corrected chi connectivity index (χ1v) is 6.19. The molecule has 1 unspecified atom stereocenters. The smallest absolute Gasteiger partial charge is 0.265 e. The molecule has 0 aliphatic carbocycles. The lowest BCUT2D eigenvalue weighted by Gasteiger charge is -2.22. The van der Waals surface area contributed by atoms with Crippen molar-refractivity contribution in [3.63, 3.8) is 0 Å². The zero-order chi connectivity index (χ0) is 13.0. The van der Waals surface area contributed by atoms with Crippen LogP contribution in [0.25, 0.3) is 0 Å². The van der Waals surface area contributed by atoms with Crippen LogP contribution in [-0.4, -0.2) is 35.1 Å². The molecule has 1 aromatic rings. The van der Waals surface area contributed by atoms with E-state index in [2.05, 4.69) is 10.3 Å².